The smallest absolute Gasteiger partial charge is 0.265 e. The van der Waals surface area contributed by atoms with Crippen molar-refractivity contribution in [2.45, 2.75) is 80.6 Å². The number of piperazine rings is 1. The number of phenols is 1. The number of ether oxygens (including phenoxy) is 2. The molecular weight excluding hydrogens is 831 g/mol. The van der Waals surface area contributed by atoms with Gasteiger partial charge in [-0.2, -0.15) is 0 Å². The van der Waals surface area contributed by atoms with E-state index in [1.54, 1.807) is 18.2 Å². The average molecular weight is 883 g/mol. The molecule has 0 aliphatic carbocycles. The molecule has 0 unspecified atom stereocenters. The number of nitrogens with zero attached hydrogens (tertiary/aromatic N) is 7. The van der Waals surface area contributed by atoms with Gasteiger partial charge in [0.05, 0.1) is 33.9 Å². The normalized spacial score (nSPS) is 24.4. The third-order valence-corrected chi connectivity index (χ3v) is 14.7. The number of likely N-dealkylation sites (tertiary alicyclic amines) is 2. The van der Waals surface area contributed by atoms with Crippen molar-refractivity contribution in [2.24, 2.45) is 0 Å². The molecule has 16 nitrogen and oxygen atoms in total. The Bertz CT molecular complexity index is 2460. The summed E-state index contributed by atoms with van der Waals surface area (Å²) in [5, 5.41) is 20.0. The minimum atomic E-state index is -1.38. The van der Waals surface area contributed by atoms with Crippen LogP contribution in [-0.2, 0) is 19.2 Å². The molecule has 3 atom stereocenters. The van der Waals surface area contributed by atoms with Crippen molar-refractivity contribution in [3.05, 3.63) is 78.4 Å². The molecule has 331 valence electrons. The number of anilines is 4. The summed E-state index contributed by atoms with van der Waals surface area (Å²) in [4.78, 5) is 62.1. The number of piperidine rings is 3. The molecule has 5 fully saturated rings. The summed E-state index contributed by atoms with van der Waals surface area (Å²) in [6, 6.07) is 23.7. The molecule has 6 aliphatic rings. The van der Waals surface area contributed by atoms with Gasteiger partial charge in [0.1, 0.15) is 28.5 Å². The summed E-state index contributed by atoms with van der Waals surface area (Å²) >= 11 is 0. The number of rotatable bonds is 9. The number of benzene rings is 3. The Balaban J connectivity index is 0.710. The first-order valence-electron chi connectivity index (χ1n) is 22.4. The number of aromatic hydroxyl groups is 1. The third-order valence-electron chi connectivity index (χ3n) is 14.0. The average Bonchev–Trinajstić information content (AvgIpc) is 3.57. The van der Waals surface area contributed by atoms with E-state index in [0.29, 0.717) is 60.2 Å². The van der Waals surface area contributed by atoms with Crippen LogP contribution >= 0.6 is 0 Å². The maximum absolute atomic E-state index is 13.6. The monoisotopic (exact) mass is 882 g/mol. The number of hydrogen-bond donors (Lipinski definition) is 3. The second-order valence-electron chi connectivity index (χ2n) is 17.9. The van der Waals surface area contributed by atoms with E-state index in [2.05, 4.69) is 58.7 Å². The number of nitrogens with one attached hydrogen (secondary N) is 1. The zero-order valence-electron chi connectivity index (χ0n) is 35.7. The number of nitrogen functional groups attached to an aromatic ring is 1. The molecule has 10 rings (SSSR count). The molecule has 4 aromatic rings. The number of fused-ring (bicyclic) bond motifs is 3. The lowest BCUT2D eigenvalue weighted by Crippen LogP contribution is -2.66. The molecule has 4 N–H and O–H groups in total. The lowest BCUT2D eigenvalue weighted by atomic mass is 9.87. The number of nitrogens with two attached hydrogens (primary N) is 1. The molecule has 2 bridgehead atoms. The Kier molecular flexibility index (Phi) is 11.1. The van der Waals surface area contributed by atoms with Gasteiger partial charge in [0.2, 0.25) is 17.7 Å². The summed E-state index contributed by atoms with van der Waals surface area (Å²) in [6.07, 6.45) is 5.59. The quantitative estimate of drug-likeness (QED) is 0.164. The zero-order valence-corrected chi connectivity index (χ0v) is 36.7. The van der Waals surface area contributed by atoms with Gasteiger partial charge in [-0.3, -0.25) is 34.3 Å². The first-order chi connectivity index (χ1) is 31.0. The van der Waals surface area contributed by atoms with Crippen LogP contribution in [0.4, 0.5) is 22.9 Å². The summed E-state index contributed by atoms with van der Waals surface area (Å²) in [7, 11) is 3.59. The summed E-state index contributed by atoms with van der Waals surface area (Å²) in [5.41, 5.74) is 11.1. The van der Waals surface area contributed by atoms with Gasteiger partial charge >= 0.3 is 0 Å². The highest BCUT2D eigenvalue weighted by Crippen LogP contribution is 2.45. The van der Waals surface area contributed by atoms with Gasteiger partial charge < -0.3 is 35.0 Å². The number of imide groups is 1. The Morgan fingerprint density at radius 3 is 2.39 bits per heavy atom. The van der Waals surface area contributed by atoms with Crippen molar-refractivity contribution in [3.63, 3.8) is 0 Å². The SMILES string of the molecule is Nc1nnc(-c2ccccc2O)cc1N1C[C@H]2CC[C@@H](C1)N2c1cccc(OC2CCN(C(=O)CN3CCC(c4cccc5c4OCC(=O)N5[C@]4([Si])CCC(=O)NC4=O)CC3)CC2)c1. The van der Waals surface area contributed by atoms with Crippen molar-refractivity contribution >= 4 is 56.8 Å². The lowest BCUT2D eigenvalue weighted by molar-refractivity contribution is -0.137. The second-order valence-corrected chi connectivity index (χ2v) is 18.7. The van der Waals surface area contributed by atoms with Gasteiger partial charge in [-0.15, -0.1) is 10.2 Å². The van der Waals surface area contributed by atoms with Crippen LogP contribution in [0, 0.1) is 0 Å². The largest absolute Gasteiger partial charge is 0.507 e. The molecule has 17 heteroatoms. The van der Waals surface area contributed by atoms with E-state index in [9.17, 15) is 24.3 Å². The van der Waals surface area contributed by atoms with Crippen LogP contribution < -0.4 is 35.2 Å². The molecule has 0 spiro atoms. The standard InChI is InChI=1S/C47H52N9O7Si/c48-45-39(24-37(50-51-45)36-7-1-2-10-40(36)57)54-25-31-11-12-32(26-54)55(31)30-5-3-6-34(23-30)63-33-16-21-53(22-17-33)42(59)27-52-19-14-29(15-20-52)35-8-4-9-38-44(35)62-28-43(60)56(38)47(64)18-13-41(58)49-46(47)61/h1-10,23-24,29,31-33,57H,11-22,25-28H2,(H2,48,51)(H,49,58,61)/t31-,32+,47-/m0/s1. The fourth-order valence-corrected chi connectivity index (χ4v) is 11.1. The van der Waals surface area contributed by atoms with Gasteiger partial charge in [-0.1, -0.05) is 30.3 Å². The van der Waals surface area contributed by atoms with Gasteiger partial charge in [-0.25, -0.2) is 0 Å². The predicted octanol–water partition coefficient (Wildman–Crippen LogP) is 3.57. The van der Waals surface area contributed by atoms with E-state index in [-0.39, 0.29) is 54.9 Å². The van der Waals surface area contributed by atoms with E-state index < -0.39 is 11.1 Å². The fourth-order valence-electron chi connectivity index (χ4n) is 10.7. The van der Waals surface area contributed by atoms with Crippen LogP contribution in [0.1, 0.15) is 62.8 Å². The number of hydrogen-bond acceptors (Lipinski definition) is 13. The molecule has 4 amide bonds. The van der Waals surface area contributed by atoms with E-state index >= 15 is 0 Å². The molecule has 0 saturated carbocycles. The van der Waals surface area contributed by atoms with Crippen LogP contribution in [0.3, 0.4) is 0 Å². The number of para-hydroxylation sites is 2. The summed E-state index contributed by atoms with van der Waals surface area (Å²) in [6.45, 7) is 4.53. The highest BCUT2D eigenvalue weighted by molar-refractivity contribution is 6.35. The number of carbonyl (C=O) groups excluding carboxylic acids is 4. The van der Waals surface area contributed by atoms with Gasteiger partial charge in [0, 0.05) is 74.8 Å². The number of amides is 4. The van der Waals surface area contributed by atoms with Crippen LogP contribution in [0.15, 0.2) is 72.8 Å². The molecule has 7 heterocycles. The molecule has 3 aromatic carbocycles. The minimum absolute atomic E-state index is 0.0172. The first-order valence-corrected chi connectivity index (χ1v) is 22.9. The number of aromatic nitrogens is 2. The van der Waals surface area contributed by atoms with Crippen molar-refractivity contribution in [3.8, 4) is 28.5 Å². The van der Waals surface area contributed by atoms with E-state index in [1.165, 1.54) is 4.90 Å². The molecule has 6 aliphatic heterocycles. The van der Waals surface area contributed by atoms with Crippen LogP contribution in [0.5, 0.6) is 17.2 Å². The van der Waals surface area contributed by atoms with Crippen molar-refractivity contribution in [1.29, 1.82) is 0 Å². The minimum Gasteiger partial charge on any atom is -0.507 e. The molecule has 1 aromatic heterocycles. The highest BCUT2D eigenvalue weighted by Gasteiger charge is 2.49. The zero-order chi connectivity index (χ0) is 44.1. The Hall–Kier alpha value is -6.20. The molecular formula is C47H52N9O7Si. The third kappa shape index (κ3) is 7.88. The molecule has 3 radical (unpaired) electrons. The Morgan fingerprint density at radius 2 is 1.64 bits per heavy atom. The number of carbonyl (C=O) groups is 4. The Morgan fingerprint density at radius 1 is 0.891 bits per heavy atom. The van der Waals surface area contributed by atoms with E-state index in [1.807, 2.05) is 41.3 Å². The van der Waals surface area contributed by atoms with Gasteiger partial charge in [0.15, 0.2) is 12.4 Å². The molecule has 64 heavy (non-hydrogen) atoms. The fraction of sp³-hybridized carbons (Fsp3) is 0.447. The number of phenolic OH excluding ortho intramolecular Hbond substituents is 1. The lowest BCUT2D eigenvalue weighted by Gasteiger charge is -2.44. The maximum atomic E-state index is 13.6. The van der Waals surface area contributed by atoms with Crippen LogP contribution in [0.25, 0.3) is 11.3 Å². The van der Waals surface area contributed by atoms with Crippen molar-refractivity contribution < 1.29 is 33.8 Å². The van der Waals surface area contributed by atoms with E-state index in [4.69, 9.17) is 15.2 Å². The molecule has 5 saturated heterocycles. The van der Waals surface area contributed by atoms with Crippen molar-refractivity contribution in [2.75, 3.05) is 72.9 Å². The maximum Gasteiger partial charge on any atom is 0.265 e. The van der Waals surface area contributed by atoms with Crippen molar-refractivity contribution in [1.82, 2.24) is 25.3 Å². The summed E-state index contributed by atoms with van der Waals surface area (Å²) in [5.74, 6) is 0.980. The van der Waals surface area contributed by atoms with E-state index in [0.717, 1.165) is 87.4 Å². The summed E-state index contributed by atoms with van der Waals surface area (Å²) < 4.78 is 12.6. The predicted molar refractivity (Wildman–Crippen MR) is 240 cm³/mol. The first kappa shape index (κ1) is 41.8. The van der Waals surface area contributed by atoms with Crippen LogP contribution in [-0.4, -0.2) is 135 Å². The van der Waals surface area contributed by atoms with Gasteiger partial charge in [0.25, 0.3) is 5.91 Å². The topological polar surface area (TPSA) is 187 Å². The highest BCUT2D eigenvalue weighted by atomic mass is 28.1. The second kappa shape index (κ2) is 17.1. The Labute approximate surface area is 375 Å². The van der Waals surface area contributed by atoms with Gasteiger partial charge in [-0.05, 0) is 93.1 Å². The van der Waals surface area contributed by atoms with Crippen LogP contribution in [0.2, 0.25) is 0 Å².